The van der Waals surface area contributed by atoms with E-state index in [2.05, 4.69) is 26.0 Å². The van der Waals surface area contributed by atoms with Crippen LogP contribution in [0, 0.1) is 17.6 Å². The van der Waals surface area contributed by atoms with Gasteiger partial charge in [-0.25, -0.2) is 22.2 Å². The Bertz CT molecular complexity index is 1510. The Kier molecular flexibility index (Phi) is 7.22. The van der Waals surface area contributed by atoms with E-state index in [0.717, 1.165) is 36.1 Å². The van der Waals surface area contributed by atoms with Crippen molar-refractivity contribution in [3.63, 3.8) is 0 Å². The number of thiazole rings is 1. The lowest BCUT2D eigenvalue weighted by atomic mass is 9.80. The topological polar surface area (TPSA) is 99.0 Å². The van der Waals surface area contributed by atoms with E-state index in [1.54, 1.807) is 24.8 Å². The van der Waals surface area contributed by atoms with Crippen LogP contribution in [0.5, 0.6) is 5.75 Å². The lowest BCUT2D eigenvalue weighted by molar-refractivity contribution is 0.222. The van der Waals surface area contributed by atoms with Crippen LogP contribution < -0.4 is 9.46 Å². The molecule has 37 heavy (non-hydrogen) atoms. The van der Waals surface area contributed by atoms with E-state index >= 15 is 0 Å². The molecule has 2 heterocycles. The van der Waals surface area contributed by atoms with E-state index in [1.165, 1.54) is 34.4 Å². The highest BCUT2D eigenvalue weighted by Crippen LogP contribution is 2.41. The third kappa shape index (κ3) is 5.50. The largest absolute Gasteiger partial charge is 0.491 e. The Balaban J connectivity index is 1.42. The Morgan fingerprint density at radius 3 is 2.62 bits per heavy atom. The standard InChI is InChI=1S/C24H20ClF2N5O3S2/c25-19-8-23(37(33,34)31-24-11-36-14-28-24)20(27)9-22(19)35-10-18-17(15-4-6-16(26)7-5-15)2-1-3-21(18)32-12-29-30-13-32/h2,4-9,11-14,18,21,31H,1,3,10H2/t18?,21-/m1/s1. The fraction of sp³-hybridized carbons (Fsp3) is 0.208. The van der Waals surface area contributed by atoms with E-state index in [9.17, 15) is 17.2 Å². The first kappa shape index (κ1) is 25.3. The molecule has 4 aromatic rings. The third-order valence-electron chi connectivity index (χ3n) is 6.05. The zero-order valence-electron chi connectivity index (χ0n) is 19.1. The zero-order chi connectivity index (χ0) is 26.0. The molecule has 13 heteroatoms. The molecule has 1 aliphatic rings. The Labute approximate surface area is 220 Å². The smallest absolute Gasteiger partial charge is 0.266 e. The number of ether oxygens (including phenoxy) is 1. The lowest BCUT2D eigenvalue weighted by Crippen LogP contribution is -2.28. The van der Waals surface area contributed by atoms with Gasteiger partial charge in [0.25, 0.3) is 10.0 Å². The van der Waals surface area contributed by atoms with Crippen molar-refractivity contribution in [2.45, 2.75) is 23.8 Å². The van der Waals surface area contributed by atoms with Gasteiger partial charge in [-0.15, -0.1) is 21.5 Å². The summed E-state index contributed by atoms with van der Waals surface area (Å²) in [5.74, 6) is -1.51. The molecule has 8 nitrogen and oxygen atoms in total. The normalized spacial score (nSPS) is 17.9. The average molecular weight is 564 g/mol. The number of aromatic nitrogens is 4. The average Bonchev–Trinajstić information content (AvgIpc) is 3.59. The van der Waals surface area contributed by atoms with E-state index in [4.69, 9.17) is 16.3 Å². The lowest BCUT2D eigenvalue weighted by Gasteiger charge is -2.33. The van der Waals surface area contributed by atoms with Gasteiger partial charge in [0.2, 0.25) is 0 Å². The number of nitrogens with zero attached hydrogens (tertiary/aromatic N) is 4. The summed E-state index contributed by atoms with van der Waals surface area (Å²) in [5.41, 5.74) is 3.22. The van der Waals surface area contributed by atoms with Crippen LogP contribution in [0.1, 0.15) is 24.4 Å². The number of hydrogen-bond donors (Lipinski definition) is 1. The van der Waals surface area contributed by atoms with Gasteiger partial charge in [-0.05, 0) is 42.2 Å². The molecule has 192 valence electrons. The number of hydrogen-bond acceptors (Lipinski definition) is 7. The SMILES string of the molecule is O=S(=O)(Nc1cscn1)c1cc(Cl)c(OCC2C(c3ccc(F)cc3)=CCC[C@H]2n2cnnc2)cc1F. The minimum atomic E-state index is -4.25. The van der Waals surface area contributed by atoms with Gasteiger partial charge in [0, 0.05) is 23.4 Å². The van der Waals surface area contributed by atoms with Crippen LogP contribution in [0.25, 0.3) is 5.57 Å². The van der Waals surface area contributed by atoms with Crippen molar-refractivity contribution in [2.24, 2.45) is 5.92 Å². The number of rotatable bonds is 8. The molecule has 0 aliphatic heterocycles. The highest BCUT2D eigenvalue weighted by atomic mass is 35.5. The van der Waals surface area contributed by atoms with Gasteiger partial charge in [0.1, 0.15) is 34.9 Å². The van der Waals surface area contributed by atoms with Crippen LogP contribution in [0.15, 0.2) is 70.9 Å². The molecule has 0 fully saturated rings. The number of benzene rings is 2. The van der Waals surface area contributed by atoms with Gasteiger partial charge in [0.15, 0.2) is 5.82 Å². The Hall–Kier alpha value is -3.35. The van der Waals surface area contributed by atoms with Crippen molar-refractivity contribution in [1.82, 2.24) is 19.7 Å². The fourth-order valence-electron chi connectivity index (χ4n) is 4.34. The number of halogens is 3. The summed E-state index contributed by atoms with van der Waals surface area (Å²) in [7, 11) is -4.25. The zero-order valence-corrected chi connectivity index (χ0v) is 21.5. The van der Waals surface area contributed by atoms with Crippen molar-refractivity contribution in [3.05, 3.63) is 88.2 Å². The second-order valence-electron chi connectivity index (χ2n) is 8.33. The molecule has 0 bridgehead atoms. The second kappa shape index (κ2) is 10.6. The maximum absolute atomic E-state index is 15.0. The molecule has 1 N–H and O–H groups in total. The first-order valence-corrected chi connectivity index (χ1v) is 13.9. The number of anilines is 1. The first-order valence-electron chi connectivity index (χ1n) is 11.1. The highest BCUT2D eigenvalue weighted by molar-refractivity contribution is 7.92. The predicted molar refractivity (Wildman–Crippen MR) is 136 cm³/mol. The molecular weight excluding hydrogens is 544 g/mol. The molecular formula is C24H20ClF2N5O3S2. The minimum Gasteiger partial charge on any atom is -0.491 e. The van der Waals surface area contributed by atoms with Crippen LogP contribution in [-0.2, 0) is 10.0 Å². The molecule has 0 amide bonds. The monoisotopic (exact) mass is 563 g/mol. The van der Waals surface area contributed by atoms with Crippen molar-refractivity contribution < 1.29 is 21.9 Å². The van der Waals surface area contributed by atoms with Gasteiger partial charge in [0.05, 0.1) is 17.1 Å². The van der Waals surface area contributed by atoms with E-state index in [0.29, 0.717) is 0 Å². The molecule has 1 unspecified atom stereocenters. The Morgan fingerprint density at radius 1 is 1.16 bits per heavy atom. The van der Waals surface area contributed by atoms with Crippen molar-refractivity contribution in [3.8, 4) is 5.75 Å². The first-order chi connectivity index (χ1) is 17.8. The van der Waals surface area contributed by atoms with E-state index in [-0.39, 0.29) is 41.0 Å². The second-order valence-corrected chi connectivity index (χ2v) is 11.1. The summed E-state index contributed by atoms with van der Waals surface area (Å²) in [6.45, 7) is 0.0917. The summed E-state index contributed by atoms with van der Waals surface area (Å²) in [6.07, 6.45) is 6.86. The highest BCUT2D eigenvalue weighted by Gasteiger charge is 2.31. The van der Waals surface area contributed by atoms with Gasteiger partial charge >= 0.3 is 0 Å². The van der Waals surface area contributed by atoms with Gasteiger partial charge in [-0.2, -0.15) is 0 Å². The fourth-order valence-corrected chi connectivity index (χ4v) is 6.27. The molecule has 5 rings (SSSR count). The molecule has 2 aromatic heterocycles. The van der Waals surface area contributed by atoms with E-state index in [1.807, 2.05) is 4.57 Å². The number of allylic oxidation sites excluding steroid dienone is 1. The summed E-state index contributed by atoms with van der Waals surface area (Å²) >= 11 is 7.53. The number of sulfonamides is 1. The van der Waals surface area contributed by atoms with Crippen LogP contribution >= 0.6 is 22.9 Å². The van der Waals surface area contributed by atoms with Crippen LogP contribution in [0.2, 0.25) is 5.02 Å². The molecule has 0 saturated carbocycles. The van der Waals surface area contributed by atoms with Gasteiger partial charge < -0.3 is 9.30 Å². The van der Waals surface area contributed by atoms with Crippen molar-refractivity contribution >= 4 is 44.4 Å². The quantitative estimate of drug-likeness (QED) is 0.300. The molecule has 1 aliphatic carbocycles. The summed E-state index contributed by atoms with van der Waals surface area (Å²) < 4.78 is 63.9. The molecule has 2 atom stereocenters. The maximum atomic E-state index is 15.0. The summed E-state index contributed by atoms with van der Waals surface area (Å²) in [4.78, 5) is 3.23. The van der Waals surface area contributed by atoms with Crippen LogP contribution in [0.3, 0.4) is 0 Å². The summed E-state index contributed by atoms with van der Waals surface area (Å²) in [6, 6.07) is 8.06. The Morgan fingerprint density at radius 2 is 1.92 bits per heavy atom. The molecule has 0 saturated heterocycles. The molecule has 2 aromatic carbocycles. The van der Waals surface area contributed by atoms with Gasteiger partial charge in [-0.1, -0.05) is 29.8 Å². The third-order valence-corrected chi connectivity index (χ3v) is 8.30. The molecule has 0 radical (unpaired) electrons. The van der Waals surface area contributed by atoms with Crippen LogP contribution in [-0.4, -0.2) is 34.8 Å². The van der Waals surface area contributed by atoms with Crippen molar-refractivity contribution in [1.29, 1.82) is 0 Å². The van der Waals surface area contributed by atoms with Crippen molar-refractivity contribution in [2.75, 3.05) is 11.3 Å². The predicted octanol–water partition coefficient (Wildman–Crippen LogP) is 5.58. The van der Waals surface area contributed by atoms with E-state index < -0.39 is 20.7 Å². The summed E-state index contributed by atoms with van der Waals surface area (Å²) in [5, 5.41) is 9.24. The maximum Gasteiger partial charge on any atom is 0.266 e. The van der Waals surface area contributed by atoms with Crippen LogP contribution in [0.4, 0.5) is 14.6 Å². The van der Waals surface area contributed by atoms with Gasteiger partial charge in [-0.3, -0.25) is 4.72 Å². The minimum absolute atomic E-state index is 0.00156. The molecule has 0 spiro atoms. The number of nitrogens with one attached hydrogen (secondary N) is 1.